The van der Waals surface area contributed by atoms with Crippen LogP contribution in [0.5, 0.6) is 0 Å². The molecule has 5 heteroatoms. The predicted octanol–water partition coefficient (Wildman–Crippen LogP) is 3.11. The minimum Gasteiger partial charge on any atom is -0.481 e. The number of hydrogen-bond donors (Lipinski definition) is 1. The summed E-state index contributed by atoms with van der Waals surface area (Å²) in [6.45, 7) is 3.16. The van der Waals surface area contributed by atoms with Gasteiger partial charge in [-0.3, -0.25) is 9.59 Å². The van der Waals surface area contributed by atoms with Crippen LogP contribution in [0.3, 0.4) is 0 Å². The van der Waals surface area contributed by atoms with E-state index in [9.17, 15) is 14.0 Å². The van der Waals surface area contributed by atoms with Gasteiger partial charge in [-0.05, 0) is 43.2 Å². The van der Waals surface area contributed by atoms with Gasteiger partial charge in [0, 0.05) is 25.4 Å². The van der Waals surface area contributed by atoms with Gasteiger partial charge in [-0.1, -0.05) is 25.1 Å². The highest BCUT2D eigenvalue weighted by Crippen LogP contribution is 2.23. The van der Waals surface area contributed by atoms with Crippen molar-refractivity contribution in [1.82, 2.24) is 4.90 Å². The predicted molar refractivity (Wildman–Crippen MR) is 85.4 cm³/mol. The number of halogens is 1. The summed E-state index contributed by atoms with van der Waals surface area (Å²) in [5.41, 5.74) is 0.563. The van der Waals surface area contributed by atoms with Gasteiger partial charge < -0.3 is 10.0 Å². The number of benzene rings is 1. The van der Waals surface area contributed by atoms with Gasteiger partial charge in [0.25, 0.3) is 0 Å². The van der Waals surface area contributed by atoms with Crippen LogP contribution < -0.4 is 0 Å². The molecule has 1 aliphatic heterocycles. The van der Waals surface area contributed by atoms with Crippen molar-refractivity contribution >= 4 is 11.9 Å². The van der Waals surface area contributed by atoms with Crippen LogP contribution in [0.2, 0.25) is 0 Å². The van der Waals surface area contributed by atoms with Crippen molar-refractivity contribution in [1.29, 1.82) is 0 Å². The monoisotopic (exact) mass is 321 g/mol. The third kappa shape index (κ3) is 5.05. The highest BCUT2D eigenvalue weighted by Gasteiger charge is 2.27. The molecule has 0 spiro atoms. The Morgan fingerprint density at radius 1 is 1.39 bits per heavy atom. The summed E-state index contributed by atoms with van der Waals surface area (Å²) in [4.78, 5) is 25.1. The molecule has 2 rings (SSSR count). The second-order valence-corrected chi connectivity index (χ2v) is 6.42. The van der Waals surface area contributed by atoms with Gasteiger partial charge >= 0.3 is 5.97 Å². The van der Waals surface area contributed by atoms with Gasteiger partial charge in [0.05, 0.1) is 0 Å². The van der Waals surface area contributed by atoms with Crippen molar-refractivity contribution in [2.24, 2.45) is 11.8 Å². The summed E-state index contributed by atoms with van der Waals surface area (Å²) in [6, 6.07) is 6.54. The van der Waals surface area contributed by atoms with E-state index in [1.54, 1.807) is 18.2 Å². The lowest BCUT2D eigenvalue weighted by Crippen LogP contribution is -2.43. The van der Waals surface area contributed by atoms with E-state index in [0.717, 1.165) is 12.8 Å². The minimum absolute atomic E-state index is 0.0354. The zero-order chi connectivity index (χ0) is 16.8. The summed E-state index contributed by atoms with van der Waals surface area (Å²) in [7, 11) is 0. The number of carboxylic acid groups (broad SMARTS) is 1. The Morgan fingerprint density at radius 3 is 2.83 bits per heavy atom. The van der Waals surface area contributed by atoms with E-state index in [-0.39, 0.29) is 30.0 Å². The molecule has 1 amide bonds. The second-order valence-electron chi connectivity index (χ2n) is 6.42. The third-order valence-corrected chi connectivity index (χ3v) is 4.50. The maximum absolute atomic E-state index is 13.7. The fraction of sp³-hybridized carbons (Fsp3) is 0.556. The molecule has 1 aliphatic rings. The van der Waals surface area contributed by atoms with Gasteiger partial charge in [-0.15, -0.1) is 0 Å². The Balaban J connectivity index is 1.91. The maximum atomic E-state index is 13.7. The van der Waals surface area contributed by atoms with E-state index in [4.69, 9.17) is 5.11 Å². The topological polar surface area (TPSA) is 57.6 Å². The van der Waals surface area contributed by atoms with Crippen LogP contribution in [0.1, 0.15) is 38.2 Å². The molecule has 0 radical (unpaired) electrons. The van der Waals surface area contributed by atoms with E-state index in [2.05, 4.69) is 0 Å². The van der Waals surface area contributed by atoms with Crippen LogP contribution in [0, 0.1) is 17.7 Å². The van der Waals surface area contributed by atoms with Crippen LogP contribution in [0.4, 0.5) is 4.39 Å². The molecule has 0 bridgehead atoms. The molecule has 1 heterocycles. The molecule has 23 heavy (non-hydrogen) atoms. The van der Waals surface area contributed by atoms with Gasteiger partial charge in [0.1, 0.15) is 5.82 Å². The normalized spacial score (nSPS) is 19.4. The first-order valence-electron chi connectivity index (χ1n) is 8.21. The first-order chi connectivity index (χ1) is 11.0. The Bertz CT molecular complexity index is 561. The summed E-state index contributed by atoms with van der Waals surface area (Å²) < 4.78 is 13.7. The molecule has 126 valence electrons. The van der Waals surface area contributed by atoms with Crippen molar-refractivity contribution in [2.75, 3.05) is 13.1 Å². The first kappa shape index (κ1) is 17.4. The number of hydrogen-bond acceptors (Lipinski definition) is 2. The molecule has 2 unspecified atom stereocenters. The fourth-order valence-electron chi connectivity index (χ4n) is 3.22. The number of amides is 1. The number of aliphatic carboxylic acids is 1. The molecule has 1 fully saturated rings. The molecule has 1 aromatic carbocycles. The molecule has 0 aliphatic carbocycles. The van der Waals surface area contributed by atoms with Gasteiger partial charge in [0.2, 0.25) is 5.91 Å². The molecule has 1 N–H and O–H groups in total. The zero-order valence-corrected chi connectivity index (χ0v) is 13.5. The zero-order valence-electron chi connectivity index (χ0n) is 13.5. The molecule has 0 aromatic heterocycles. The van der Waals surface area contributed by atoms with Crippen LogP contribution in [0.15, 0.2) is 24.3 Å². The van der Waals surface area contributed by atoms with E-state index in [1.165, 1.54) is 6.07 Å². The quantitative estimate of drug-likeness (QED) is 0.876. The Kier molecular flexibility index (Phi) is 6.13. The molecule has 0 saturated carbocycles. The number of piperidine rings is 1. The summed E-state index contributed by atoms with van der Waals surface area (Å²) >= 11 is 0. The van der Waals surface area contributed by atoms with Crippen molar-refractivity contribution < 1.29 is 19.1 Å². The van der Waals surface area contributed by atoms with Crippen molar-refractivity contribution in [3.05, 3.63) is 35.6 Å². The Labute approximate surface area is 136 Å². The lowest BCUT2D eigenvalue weighted by molar-refractivity contribution is -0.137. The molecular weight excluding hydrogens is 297 g/mol. The summed E-state index contributed by atoms with van der Waals surface area (Å²) in [5, 5.41) is 8.78. The number of carbonyl (C=O) groups is 2. The van der Waals surface area contributed by atoms with Gasteiger partial charge in [-0.2, -0.15) is 0 Å². The smallest absolute Gasteiger partial charge is 0.303 e. The number of carboxylic acids is 1. The van der Waals surface area contributed by atoms with E-state index >= 15 is 0 Å². The van der Waals surface area contributed by atoms with Crippen LogP contribution >= 0.6 is 0 Å². The third-order valence-electron chi connectivity index (χ3n) is 4.50. The molecule has 4 nitrogen and oxygen atoms in total. The second kappa shape index (κ2) is 8.09. The maximum Gasteiger partial charge on any atom is 0.303 e. The summed E-state index contributed by atoms with van der Waals surface area (Å²) in [6.07, 6.45) is 3.03. The Morgan fingerprint density at radius 2 is 2.13 bits per heavy atom. The van der Waals surface area contributed by atoms with E-state index < -0.39 is 5.97 Å². The van der Waals surface area contributed by atoms with Gasteiger partial charge in [0.15, 0.2) is 0 Å². The molecule has 1 aromatic rings. The highest BCUT2D eigenvalue weighted by atomic mass is 19.1. The largest absolute Gasteiger partial charge is 0.481 e. The molecule has 2 atom stereocenters. The van der Waals surface area contributed by atoms with E-state index in [1.807, 2.05) is 11.8 Å². The molecule has 1 saturated heterocycles. The average molecular weight is 321 g/mol. The fourth-order valence-corrected chi connectivity index (χ4v) is 3.22. The SMILES string of the molecule is CC(Cc1ccccc1F)C(=O)N1CCCC(CCC(=O)O)C1. The number of likely N-dealkylation sites (tertiary alicyclic amines) is 1. The van der Waals surface area contributed by atoms with Crippen LogP contribution in [0.25, 0.3) is 0 Å². The standard InChI is InChI=1S/C18H24FNO3/c1-13(11-15-6-2-3-7-16(15)19)18(23)20-10-4-5-14(12-20)8-9-17(21)22/h2-3,6-7,13-14H,4-5,8-12H2,1H3,(H,21,22). The average Bonchev–Trinajstić information content (AvgIpc) is 2.54. The van der Waals surface area contributed by atoms with Crippen LogP contribution in [-0.2, 0) is 16.0 Å². The summed E-state index contributed by atoms with van der Waals surface area (Å²) in [5.74, 6) is -1.05. The minimum atomic E-state index is -0.790. The first-order valence-corrected chi connectivity index (χ1v) is 8.21. The van der Waals surface area contributed by atoms with Crippen molar-refractivity contribution in [3.63, 3.8) is 0 Å². The van der Waals surface area contributed by atoms with E-state index in [0.29, 0.717) is 31.5 Å². The lowest BCUT2D eigenvalue weighted by Gasteiger charge is -2.34. The van der Waals surface area contributed by atoms with Crippen LogP contribution in [-0.4, -0.2) is 35.0 Å². The molecular formula is C18H24FNO3. The highest BCUT2D eigenvalue weighted by molar-refractivity contribution is 5.79. The van der Waals surface area contributed by atoms with Crippen molar-refractivity contribution in [2.45, 2.75) is 39.0 Å². The number of rotatable bonds is 6. The number of nitrogens with zero attached hydrogens (tertiary/aromatic N) is 1. The van der Waals surface area contributed by atoms with Gasteiger partial charge in [-0.25, -0.2) is 4.39 Å². The number of carbonyl (C=O) groups excluding carboxylic acids is 1. The lowest BCUT2D eigenvalue weighted by atomic mass is 9.91. The Hall–Kier alpha value is -1.91. The van der Waals surface area contributed by atoms with Crippen molar-refractivity contribution in [3.8, 4) is 0 Å².